The van der Waals surface area contributed by atoms with Crippen molar-refractivity contribution in [2.75, 3.05) is 0 Å². The van der Waals surface area contributed by atoms with Crippen LogP contribution in [-0.4, -0.2) is 24.0 Å². The number of aryl methyl sites for hydroxylation is 3. The van der Waals surface area contributed by atoms with Crippen LogP contribution in [0.2, 0.25) is 5.02 Å². The molecule has 0 saturated carbocycles. The Morgan fingerprint density at radius 1 is 1.21 bits per heavy atom. The van der Waals surface area contributed by atoms with Gasteiger partial charge in [0.25, 0.3) is 0 Å². The van der Waals surface area contributed by atoms with Crippen LogP contribution in [-0.2, 0) is 6.61 Å². The van der Waals surface area contributed by atoms with Gasteiger partial charge in [0.1, 0.15) is 0 Å². The minimum absolute atomic E-state index is 0.0817. The van der Waals surface area contributed by atoms with Gasteiger partial charge in [0.05, 0.1) is 34.2 Å². The van der Waals surface area contributed by atoms with Crippen LogP contribution in [0, 0.1) is 20.8 Å². The monoisotopic (exact) mass is 340 g/mol. The van der Waals surface area contributed by atoms with E-state index in [9.17, 15) is 5.11 Å². The fourth-order valence-electron chi connectivity index (χ4n) is 3.36. The van der Waals surface area contributed by atoms with Gasteiger partial charge in [-0.3, -0.25) is 8.97 Å². The predicted molar refractivity (Wildman–Crippen MR) is 95.0 cm³/mol. The summed E-state index contributed by atoms with van der Waals surface area (Å²) < 4.78 is 3.92. The van der Waals surface area contributed by atoms with Crippen molar-refractivity contribution in [2.24, 2.45) is 0 Å². The van der Waals surface area contributed by atoms with Crippen LogP contribution in [0.5, 0.6) is 0 Å². The average Bonchev–Trinajstić information content (AvgIpc) is 3.01. The third-order valence-electron chi connectivity index (χ3n) is 4.35. The van der Waals surface area contributed by atoms with Crippen LogP contribution < -0.4 is 0 Å². The molecular weight excluding hydrogens is 324 g/mol. The highest BCUT2D eigenvalue weighted by Gasteiger charge is 2.21. The Morgan fingerprint density at radius 2 is 2.00 bits per heavy atom. The van der Waals surface area contributed by atoms with Crippen LogP contribution >= 0.6 is 11.6 Å². The van der Waals surface area contributed by atoms with E-state index >= 15 is 0 Å². The summed E-state index contributed by atoms with van der Waals surface area (Å²) >= 11 is 6.57. The molecule has 4 aromatic rings. The van der Waals surface area contributed by atoms with Gasteiger partial charge in [0.15, 0.2) is 5.65 Å². The molecule has 1 aromatic carbocycles. The van der Waals surface area contributed by atoms with Gasteiger partial charge in [-0.2, -0.15) is 0 Å². The maximum atomic E-state index is 9.77. The summed E-state index contributed by atoms with van der Waals surface area (Å²) in [7, 11) is 0. The second kappa shape index (κ2) is 5.33. The van der Waals surface area contributed by atoms with Crippen molar-refractivity contribution >= 4 is 28.5 Å². The molecule has 4 rings (SSSR count). The molecule has 0 bridgehead atoms. The SMILES string of the molecule is Cc1cc(C)c(-n2c3ncccc3n3c(CO)c(C)nc23)c(Cl)c1. The fraction of sp³-hybridized carbons (Fsp3) is 0.222. The van der Waals surface area contributed by atoms with Gasteiger partial charge < -0.3 is 5.11 Å². The van der Waals surface area contributed by atoms with Crippen molar-refractivity contribution in [2.45, 2.75) is 27.4 Å². The predicted octanol–water partition coefficient (Wildman–Crippen LogP) is 3.74. The standard InChI is InChI=1S/C18H17ClN4O/c1-10-7-11(2)16(13(19)8-10)23-17-14(5-4-6-20-17)22-15(9-24)12(3)21-18(22)23/h4-8,24H,9H2,1-3H3. The van der Waals surface area contributed by atoms with Crippen LogP contribution in [0.25, 0.3) is 22.6 Å². The molecule has 0 aliphatic heterocycles. The quantitative estimate of drug-likeness (QED) is 0.604. The van der Waals surface area contributed by atoms with E-state index in [-0.39, 0.29) is 6.61 Å². The molecule has 3 heterocycles. The summed E-state index contributed by atoms with van der Waals surface area (Å²) in [5.74, 6) is 0.708. The Bertz CT molecular complexity index is 1070. The Morgan fingerprint density at radius 3 is 2.71 bits per heavy atom. The summed E-state index contributed by atoms with van der Waals surface area (Å²) in [5.41, 5.74) is 6.26. The van der Waals surface area contributed by atoms with E-state index in [2.05, 4.69) is 16.0 Å². The van der Waals surface area contributed by atoms with Crippen molar-refractivity contribution in [3.8, 4) is 5.69 Å². The molecule has 0 fully saturated rings. The number of benzene rings is 1. The molecule has 0 unspecified atom stereocenters. The number of aliphatic hydroxyl groups excluding tert-OH is 1. The Labute approximate surface area is 144 Å². The van der Waals surface area contributed by atoms with Gasteiger partial charge in [-0.15, -0.1) is 0 Å². The highest BCUT2D eigenvalue weighted by Crippen LogP contribution is 2.32. The lowest BCUT2D eigenvalue weighted by atomic mass is 10.1. The highest BCUT2D eigenvalue weighted by atomic mass is 35.5. The molecule has 0 amide bonds. The van der Waals surface area contributed by atoms with Gasteiger partial charge in [0.2, 0.25) is 5.78 Å². The van der Waals surface area contributed by atoms with E-state index < -0.39 is 0 Å². The number of aromatic nitrogens is 4. The normalized spacial score (nSPS) is 11.7. The van der Waals surface area contributed by atoms with E-state index in [0.29, 0.717) is 10.8 Å². The molecule has 24 heavy (non-hydrogen) atoms. The van der Waals surface area contributed by atoms with E-state index in [1.54, 1.807) is 6.20 Å². The molecule has 1 N–H and O–H groups in total. The molecule has 0 saturated heterocycles. The molecule has 5 nitrogen and oxygen atoms in total. The first kappa shape index (κ1) is 15.2. The Balaban J connectivity index is 2.23. The number of pyridine rings is 1. The number of halogens is 1. The van der Waals surface area contributed by atoms with E-state index in [4.69, 9.17) is 11.6 Å². The summed E-state index contributed by atoms with van der Waals surface area (Å²) in [6, 6.07) is 7.89. The van der Waals surface area contributed by atoms with E-state index in [0.717, 1.165) is 39.4 Å². The van der Waals surface area contributed by atoms with E-state index in [1.807, 2.05) is 47.9 Å². The third-order valence-corrected chi connectivity index (χ3v) is 4.63. The summed E-state index contributed by atoms with van der Waals surface area (Å²) in [4.78, 5) is 9.21. The number of aliphatic hydroxyl groups is 1. The lowest BCUT2D eigenvalue weighted by Gasteiger charge is -2.11. The Hall–Kier alpha value is -2.37. The van der Waals surface area contributed by atoms with Crippen LogP contribution in [0.15, 0.2) is 30.5 Å². The molecule has 3 aromatic heterocycles. The van der Waals surface area contributed by atoms with Crippen molar-refractivity contribution in [3.63, 3.8) is 0 Å². The van der Waals surface area contributed by atoms with E-state index in [1.165, 1.54) is 0 Å². The second-order valence-electron chi connectivity index (χ2n) is 6.03. The first-order chi connectivity index (χ1) is 11.5. The maximum Gasteiger partial charge on any atom is 0.221 e. The first-order valence-electron chi connectivity index (χ1n) is 7.74. The summed E-state index contributed by atoms with van der Waals surface area (Å²) in [5, 5.41) is 10.4. The minimum Gasteiger partial charge on any atom is -0.390 e. The second-order valence-corrected chi connectivity index (χ2v) is 6.44. The van der Waals surface area contributed by atoms with Gasteiger partial charge in [-0.05, 0) is 50.1 Å². The number of imidazole rings is 2. The van der Waals surface area contributed by atoms with Crippen molar-refractivity contribution < 1.29 is 5.11 Å². The average molecular weight is 341 g/mol. The smallest absolute Gasteiger partial charge is 0.221 e. The summed E-state index contributed by atoms with van der Waals surface area (Å²) in [6.07, 6.45) is 1.75. The number of fused-ring (bicyclic) bond motifs is 3. The summed E-state index contributed by atoms with van der Waals surface area (Å²) in [6.45, 7) is 5.87. The molecule has 0 spiro atoms. The lowest BCUT2D eigenvalue weighted by molar-refractivity contribution is 0.275. The molecule has 6 heteroatoms. The molecule has 0 aliphatic rings. The van der Waals surface area contributed by atoms with Crippen LogP contribution in [0.1, 0.15) is 22.5 Å². The molecule has 0 radical (unpaired) electrons. The van der Waals surface area contributed by atoms with Crippen molar-refractivity contribution in [1.29, 1.82) is 0 Å². The van der Waals surface area contributed by atoms with Crippen LogP contribution in [0.4, 0.5) is 0 Å². The number of hydrogen-bond donors (Lipinski definition) is 1. The van der Waals surface area contributed by atoms with Gasteiger partial charge in [0, 0.05) is 6.20 Å². The number of rotatable bonds is 2. The van der Waals surface area contributed by atoms with Crippen molar-refractivity contribution in [1.82, 2.24) is 18.9 Å². The molecular formula is C18H17ClN4O. The topological polar surface area (TPSA) is 55.4 Å². The largest absolute Gasteiger partial charge is 0.390 e. The van der Waals surface area contributed by atoms with Crippen molar-refractivity contribution in [3.05, 3.63) is 58.0 Å². The minimum atomic E-state index is -0.0817. The zero-order chi connectivity index (χ0) is 17.0. The molecule has 0 aliphatic carbocycles. The molecule has 122 valence electrons. The zero-order valence-electron chi connectivity index (χ0n) is 13.7. The van der Waals surface area contributed by atoms with Gasteiger partial charge in [-0.1, -0.05) is 17.7 Å². The number of nitrogens with zero attached hydrogens (tertiary/aromatic N) is 4. The first-order valence-corrected chi connectivity index (χ1v) is 8.12. The molecule has 0 atom stereocenters. The fourth-order valence-corrected chi connectivity index (χ4v) is 3.77. The van der Waals surface area contributed by atoms with Gasteiger partial charge in [-0.25, -0.2) is 9.97 Å². The highest BCUT2D eigenvalue weighted by molar-refractivity contribution is 6.32. The zero-order valence-corrected chi connectivity index (χ0v) is 14.5. The Kier molecular flexibility index (Phi) is 3.37. The lowest BCUT2D eigenvalue weighted by Crippen LogP contribution is -2.01. The maximum absolute atomic E-state index is 9.77. The van der Waals surface area contributed by atoms with Gasteiger partial charge >= 0.3 is 0 Å². The third kappa shape index (κ3) is 1.98. The number of hydrogen-bond acceptors (Lipinski definition) is 3. The van der Waals surface area contributed by atoms with Crippen LogP contribution in [0.3, 0.4) is 0 Å².